The van der Waals surface area contributed by atoms with E-state index in [1.54, 1.807) is 0 Å². The van der Waals surface area contributed by atoms with E-state index in [2.05, 4.69) is 26.0 Å². The van der Waals surface area contributed by atoms with Crippen LogP contribution in [0.15, 0.2) is 54.6 Å². The Hall–Kier alpha value is -2.62. The molecule has 2 aromatic rings. The van der Waals surface area contributed by atoms with Crippen LogP contribution in [0, 0.1) is 0 Å². The zero-order valence-corrected chi connectivity index (χ0v) is 15.3. The van der Waals surface area contributed by atoms with Gasteiger partial charge in [-0.3, -0.25) is 4.79 Å². The summed E-state index contributed by atoms with van der Waals surface area (Å²) in [6.45, 7) is 4.61. The van der Waals surface area contributed by atoms with Gasteiger partial charge in [0.1, 0.15) is 6.04 Å². The number of hydrogen-bond acceptors (Lipinski definition) is 2. The molecule has 3 rings (SSSR count). The molecular weight excluding hydrogens is 326 g/mol. The number of carboxylic acid groups (broad SMARTS) is 1. The van der Waals surface area contributed by atoms with Crippen molar-refractivity contribution in [3.8, 4) is 0 Å². The minimum absolute atomic E-state index is 0.0871. The van der Waals surface area contributed by atoms with Gasteiger partial charge in [-0.25, -0.2) is 4.79 Å². The van der Waals surface area contributed by atoms with E-state index in [0.29, 0.717) is 25.8 Å². The molecule has 1 N–H and O–H groups in total. The Morgan fingerprint density at radius 1 is 1.04 bits per heavy atom. The lowest BCUT2D eigenvalue weighted by atomic mass is 9.80. The zero-order valence-electron chi connectivity index (χ0n) is 15.3. The second kappa shape index (κ2) is 7.32. The van der Waals surface area contributed by atoms with Crippen LogP contribution in [0.25, 0.3) is 0 Å². The second-order valence-corrected chi connectivity index (χ2v) is 7.60. The molecule has 1 heterocycles. The summed E-state index contributed by atoms with van der Waals surface area (Å²) in [7, 11) is 0. The van der Waals surface area contributed by atoms with Crippen LogP contribution in [-0.2, 0) is 28.0 Å². The molecule has 26 heavy (non-hydrogen) atoms. The van der Waals surface area contributed by atoms with Gasteiger partial charge in [-0.15, -0.1) is 0 Å². The van der Waals surface area contributed by atoms with E-state index in [1.165, 1.54) is 10.5 Å². The third kappa shape index (κ3) is 3.79. The lowest BCUT2D eigenvalue weighted by Crippen LogP contribution is -2.48. The molecule has 136 valence electrons. The first-order valence-electron chi connectivity index (χ1n) is 9.03. The Labute approximate surface area is 154 Å². The largest absolute Gasteiger partial charge is 0.480 e. The van der Waals surface area contributed by atoms with Gasteiger partial charge in [-0.2, -0.15) is 0 Å². The Balaban J connectivity index is 1.73. The fourth-order valence-electron chi connectivity index (χ4n) is 3.60. The zero-order chi connectivity index (χ0) is 18.7. The minimum Gasteiger partial charge on any atom is -0.480 e. The van der Waals surface area contributed by atoms with Gasteiger partial charge in [0.15, 0.2) is 0 Å². The van der Waals surface area contributed by atoms with E-state index in [9.17, 15) is 14.7 Å². The molecule has 1 unspecified atom stereocenters. The highest BCUT2D eigenvalue weighted by Crippen LogP contribution is 2.30. The monoisotopic (exact) mass is 351 g/mol. The van der Waals surface area contributed by atoms with E-state index in [-0.39, 0.29) is 11.3 Å². The number of rotatable bonds is 5. The van der Waals surface area contributed by atoms with E-state index in [1.807, 2.05) is 42.5 Å². The van der Waals surface area contributed by atoms with Crippen LogP contribution in [0.4, 0.5) is 0 Å². The maximum absolute atomic E-state index is 12.9. The third-order valence-corrected chi connectivity index (χ3v) is 5.37. The molecule has 0 saturated carbocycles. The Bertz CT molecular complexity index is 798. The highest BCUT2D eigenvalue weighted by molar-refractivity contribution is 5.84. The van der Waals surface area contributed by atoms with Gasteiger partial charge >= 0.3 is 5.97 Å². The van der Waals surface area contributed by atoms with Crippen LogP contribution in [0.5, 0.6) is 0 Å². The van der Waals surface area contributed by atoms with Gasteiger partial charge in [0.2, 0.25) is 5.91 Å². The van der Waals surface area contributed by atoms with E-state index >= 15 is 0 Å². The van der Waals surface area contributed by atoms with Crippen LogP contribution >= 0.6 is 0 Å². The summed E-state index contributed by atoms with van der Waals surface area (Å²) in [5, 5.41) is 9.60. The lowest BCUT2D eigenvalue weighted by molar-refractivity contribution is -0.151. The number of benzene rings is 2. The fourth-order valence-corrected chi connectivity index (χ4v) is 3.60. The highest BCUT2D eigenvalue weighted by Gasteiger charge is 2.35. The number of carboxylic acids is 1. The van der Waals surface area contributed by atoms with Crippen molar-refractivity contribution in [1.29, 1.82) is 0 Å². The molecule has 0 aromatic heterocycles. The number of nitrogens with zero attached hydrogens (tertiary/aromatic N) is 1. The standard InChI is InChI=1S/C22H25NO3/c1-22(2,18-10-4-3-5-11-18)13-12-20(24)23-15-17-9-7-6-8-16(17)14-19(23)21(25)26/h3-11,19H,12-15H2,1-2H3,(H,25,26). The molecule has 1 atom stereocenters. The van der Waals surface area contributed by atoms with Crippen LogP contribution in [0.2, 0.25) is 0 Å². The topological polar surface area (TPSA) is 57.6 Å². The van der Waals surface area contributed by atoms with Crippen molar-refractivity contribution < 1.29 is 14.7 Å². The molecule has 0 radical (unpaired) electrons. The van der Waals surface area contributed by atoms with Gasteiger partial charge in [-0.05, 0) is 28.5 Å². The molecule has 1 aliphatic heterocycles. The highest BCUT2D eigenvalue weighted by atomic mass is 16.4. The van der Waals surface area contributed by atoms with Crippen LogP contribution in [0.3, 0.4) is 0 Å². The quantitative estimate of drug-likeness (QED) is 0.892. The van der Waals surface area contributed by atoms with Crippen molar-refractivity contribution in [3.05, 3.63) is 71.3 Å². The molecule has 2 aromatic carbocycles. The summed E-state index contributed by atoms with van der Waals surface area (Å²) >= 11 is 0. The molecule has 1 aliphatic rings. The summed E-state index contributed by atoms with van der Waals surface area (Å²) in [4.78, 5) is 26.1. The maximum Gasteiger partial charge on any atom is 0.326 e. The molecule has 0 bridgehead atoms. The number of fused-ring (bicyclic) bond motifs is 1. The van der Waals surface area contributed by atoms with Crippen LogP contribution in [-0.4, -0.2) is 27.9 Å². The van der Waals surface area contributed by atoms with Crippen molar-refractivity contribution in [2.75, 3.05) is 0 Å². The third-order valence-electron chi connectivity index (χ3n) is 5.37. The molecule has 0 spiro atoms. The SMILES string of the molecule is CC(C)(CCC(=O)N1Cc2ccccc2CC1C(=O)O)c1ccccc1. The minimum atomic E-state index is -0.935. The van der Waals surface area contributed by atoms with E-state index in [4.69, 9.17) is 0 Å². The number of carbonyl (C=O) groups is 2. The van der Waals surface area contributed by atoms with Crippen LogP contribution < -0.4 is 0 Å². The van der Waals surface area contributed by atoms with Gasteiger partial charge < -0.3 is 10.0 Å². The molecular formula is C22H25NO3. The first kappa shape index (κ1) is 18.2. The molecule has 0 saturated heterocycles. The maximum atomic E-state index is 12.9. The van der Waals surface area contributed by atoms with Crippen molar-refractivity contribution >= 4 is 11.9 Å². The summed E-state index contributed by atoms with van der Waals surface area (Å²) in [6.07, 6.45) is 1.40. The van der Waals surface area contributed by atoms with E-state index < -0.39 is 12.0 Å². The molecule has 0 aliphatic carbocycles. The van der Waals surface area contributed by atoms with Gasteiger partial charge in [-0.1, -0.05) is 68.4 Å². The Morgan fingerprint density at radius 3 is 2.31 bits per heavy atom. The van der Waals surface area contributed by atoms with Crippen molar-refractivity contribution in [2.24, 2.45) is 0 Å². The van der Waals surface area contributed by atoms with Crippen LogP contribution in [0.1, 0.15) is 43.4 Å². The number of carbonyl (C=O) groups excluding carboxylic acids is 1. The predicted octanol–water partition coefficient (Wildman–Crippen LogP) is 3.78. The number of aliphatic carboxylic acids is 1. The van der Waals surface area contributed by atoms with E-state index in [0.717, 1.165) is 11.1 Å². The average Bonchev–Trinajstić information content (AvgIpc) is 2.65. The van der Waals surface area contributed by atoms with Gasteiger partial charge in [0.05, 0.1) is 0 Å². The van der Waals surface area contributed by atoms with Gasteiger partial charge in [0.25, 0.3) is 0 Å². The normalized spacial score (nSPS) is 16.8. The number of amides is 1. The molecule has 1 amide bonds. The second-order valence-electron chi connectivity index (χ2n) is 7.60. The summed E-state index contributed by atoms with van der Waals surface area (Å²) < 4.78 is 0. The molecule has 0 fully saturated rings. The Morgan fingerprint density at radius 2 is 1.65 bits per heavy atom. The van der Waals surface area contributed by atoms with Gasteiger partial charge in [0, 0.05) is 19.4 Å². The van der Waals surface area contributed by atoms with Crippen molar-refractivity contribution in [2.45, 2.75) is 51.1 Å². The predicted molar refractivity (Wildman–Crippen MR) is 101 cm³/mol. The van der Waals surface area contributed by atoms with Crippen molar-refractivity contribution in [3.63, 3.8) is 0 Å². The summed E-state index contributed by atoms with van der Waals surface area (Å²) in [6, 6.07) is 17.1. The molecule has 4 heteroatoms. The average molecular weight is 351 g/mol. The summed E-state index contributed by atoms with van der Waals surface area (Å²) in [5.74, 6) is -1.02. The lowest BCUT2D eigenvalue weighted by Gasteiger charge is -2.35. The summed E-state index contributed by atoms with van der Waals surface area (Å²) in [5.41, 5.74) is 3.12. The number of hydrogen-bond donors (Lipinski definition) is 1. The van der Waals surface area contributed by atoms with Crippen molar-refractivity contribution in [1.82, 2.24) is 4.90 Å². The first-order valence-corrected chi connectivity index (χ1v) is 9.03. The Kier molecular flexibility index (Phi) is 5.12. The first-order chi connectivity index (χ1) is 12.4. The molecule has 4 nitrogen and oxygen atoms in total. The smallest absolute Gasteiger partial charge is 0.326 e. The fraction of sp³-hybridized carbons (Fsp3) is 0.364.